The summed E-state index contributed by atoms with van der Waals surface area (Å²) in [7, 11) is -1.99. The van der Waals surface area contributed by atoms with Gasteiger partial charge in [0.1, 0.15) is 5.73 Å². The van der Waals surface area contributed by atoms with E-state index in [1.54, 1.807) is 6.92 Å². The van der Waals surface area contributed by atoms with Gasteiger partial charge in [-0.15, -0.1) is 0 Å². The molecule has 0 aromatic carbocycles. The minimum atomic E-state index is -1.99. The van der Waals surface area contributed by atoms with E-state index >= 15 is 0 Å². The lowest BCUT2D eigenvalue weighted by Crippen LogP contribution is -2.51. The molecule has 0 aliphatic rings. The zero-order valence-electron chi connectivity index (χ0n) is 12.5. The molecule has 0 saturated carbocycles. The van der Waals surface area contributed by atoms with Crippen LogP contribution in [0.4, 0.5) is 0 Å². The van der Waals surface area contributed by atoms with E-state index in [0.29, 0.717) is 12.2 Å². The number of carbonyl (C=O) groups excluding carboxylic acids is 1. The van der Waals surface area contributed by atoms with E-state index in [9.17, 15) is 4.79 Å². The van der Waals surface area contributed by atoms with Crippen molar-refractivity contribution in [1.29, 1.82) is 0 Å². The van der Waals surface area contributed by atoms with E-state index in [2.05, 4.69) is 20.4 Å². The van der Waals surface area contributed by atoms with Gasteiger partial charge in [0.25, 0.3) is 0 Å². The van der Waals surface area contributed by atoms with Crippen LogP contribution in [0.2, 0.25) is 12.1 Å². The molecule has 0 fully saturated rings. The molecule has 1 unspecified atom stereocenters. The monoisotopic (exact) mass is 272 g/mol. The number of hydrogen-bond donors (Lipinski definition) is 0. The van der Waals surface area contributed by atoms with Crippen LogP contribution in [0, 0.1) is 0 Å². The van der Waals surface area contributed by atoms with Crippen LogP contribution in [-0.4, -0.2) is 26.6 Å². The van der Waals surface area contributed by atoms with Crippen molar-refractivity contribution >= 4 is 14.3 Å². The largest absolute Gasteiger partial charge is 0.460 e. The second kappa shape index (κ2) is 8.48. The van der Waals surface area contributed by atoms with Crippen LogP contribution in [0.25, 0.3) is 0 Å². The molecule has 106 valence electrons. The van der Waals surface area contributed by atoms with Crippen LogP contribution in [-0.2, 0) is 14.0 Å². The van der Waals surface area contributed by atoms with Gasteiger partial charge in [-0.2, -0.15) is 0 Å². The Morgan fingerprint density at radius 2 is 1.72 bits per heavy atom. The summed E-state index contributed by atoms with van der Waals surface area (Å²) in [5, 5.41) is 0. The lowest BCUT2D eigenvalue weighted by molar-refractivity contribution is -0.141. The third kappa shape index (κ3) is 4.94. The minimum absolute atomic E-state index is 0.110. The number of carbonyl (C=O) groups is 1. The molecule has 0 N–H and O–H groups in total. The molecule has 0 aliphatic carbocycles. The van der Waals surface area contributed by atoms with Gasteiger partial charge in [0.15, 0.2) is 0 Å². The molecule has 0 radical (unpaired) electrons. The Kier molecular flexibility index (Phi) is 8.19. The summed E-state index contributed by atoms with van der Waals surface area (Å²) in [6, 6.07) is 2.08. The fraction of sp³-hybridized carbons (Fsp3) is 0.786. The molecule has 0 aromatic rings. The zero-order valence-corrected chi connectivity index (χ0v) is 13.5. The Morgan fingerprint density at radius 3 is 2.06 bits per heavy atom. The molecule has 1 atom stereocenters. The van der Waals surface area contributed by atoms with Gasteiger partial charge in [-0.05, 0) is 32.9 Å². The van der Waals surface area contributed by atoms with Crippen molar-refractivity contribution in [3.05, 3.63) is 12.2 Å². The lowest BCUT2D eigenvalue weighted by Gasteiger charge is -2.35. The van der Waals surface area contributed by atoms with Crippen molar-refractivity contribution in [3.8, 4) is 0 Å². The maximum Gasteiger partial charge on any atom is 0.333 e. The predicted octanol–water partition coefficient (Wildman–Crippen LogP) is 3.84. The second-order valence-corrected chi connectivity index (χ2v) is 9.06. The van der Waals surface area contributed by atoms with Crippen LogP contribution in [0.1, 0.15) is 47.5 Å². The Bertz CT molecular complexity index is 259. The first kappa shape index (κ1) is 17.4. The normalized spacial score (nSPS) is 13.2. The van der Waals surface area contributed by atoms with E-state index in [4.69, 9.17) is 9.16 Å². The first-order valence-corrected chi connectivity index (χ1v) is 9.33. The molecule has 0 amide bonds. The first-order valence-electron chi connectivity index (χ1n) is 6.93. The Hall–Kier alpha value is -0.613. The summed E-state index contributed by atoms with van der Waals surface area (Å²) in [5.74, 6) is -0.300. The highest BCUT2D eigenvalue weighted by Gasteiger charge is 2.41. The predicted molar refractivity (Wildman–Crippen MR) is 77.9 cm³/mol. The van der Waals surface area contributed by atoms with Gasteiger partial charge in [0.2, 0.25) is 8.32 Å². The van der Waals surface area contributed by atoms with E-state index in [-0.39, 0.29) is 11.7 Å². The van der Waals surface area contributed by atoms with Crippen molar-refractivity contribution in [2.45, 2.75) is 65.3 Å². The van der Waals surface area contributed by atoms with Crippen molar-refractivity contribution in [2.24, 2.45) is 0 Å². The van der Waals surface area contributed by atoms with Crippen LogP contribution in [0.3, 0.4) is 0 Å². The number of ether oxygens (including phenoxy) is 1. The van der Waals surface area contributed by atoms with Crippen LogP contribution >= 0.6 is 0 Å². The third-order valence-electron chi connectivity index (χ3n) is 3.15. The van der Waals surface area contributed by atoms with Gasteiger partial charge in [0.05, 0.1) is 0 Å². The van der Waals surface area contributed by atoms with E-state index in [1.165, 1.54) is 0 Å². The Balaban J connectivity index is 4.89. The van der Waals surface area contributed by atoms with Crippen molar-refractivity contribution in [1.82, 2.24) is 0 Å². The average molecular weight is 272 g/mol. The molecule has 4 heteroatoms. The summed E-state index contributed by atoms with van der Waals surface area (Å²) < 4.78 is 11.6. The van der Waals surface area contributed by atoms with Gasteiger partial charge in [-0.25, -0.2) is 4.79 Å². The molecule has 18 heavy (non-hydrogen) atoms. The highest BCUT2D eigenvalue weighted by molar-refractivity contribution is 6.75. The summed E-state index contributed by atoms with van der Waals surface area (Å²) in [4.78, 5) is 11.7. The smallest absolute Gasteiger partial charge is 0.333 e. The fourth-order valence-electron chi connectivity index (χ4n) is 2.30. The summed E-state index contributed by atoms with van der Waals surface area (Å²) in [5.41, 5.74) is 0.343. The molecule has 0 bridgehead atoms. The van der Waals surface area contributed by atoms with Crippen molar-refractivity contribution < 1.29 is 14.0 Å². The molecule has 0 rings (SSSR count). The topological polar surface area (TPSA) is 35.5 Å². The second-order valence-electron chi connectivity index (χ2n) is 4.83. The number of rotatable bonds is 9. The maximum absolute atomic E-state index is 11.7. The SMILES string of the molecule is C=C(C)C(=O)OC(C)[Si](CCC)(CCC)OCC. The third-order valence-corrected chi connectivity index (χ3v) is 8.31. The zero-order chi connectivity index (χ0) is 14.2. The molecule has 3 nitrogen and oxygen atoms in total. The quantitative estimate of drug-likeness (QED) is 0.363. The molecule has 0 saturated heterocycles. The lowest BCUT2D eigenvalue weighted by atomic mass is 10.4. The molecule has 0 spiro atoms. The van der Waals surface area contributed by atoms with Crippen LogP contribution in [0.15, 0.2) is 12.2 Å². The highest BCUT2D eigenvalue weighted by atomic mass is 28.4. The molecule has 0 heterocycles. The van der Waals surface area contributed by atoms with Gasteiger partial charge in [-0.3, -0.25) is 0 Å². The summed E-state index contributed by atoms with van der Waals surface area (Å²) >= 11 is 0. The Labute approximate surface area is 113 Å². The maximum atomic E-state index is 11.7. The van der Waals surface area contributed by atoms with Crippen molar-refractivity contribution in [3.63, 3.8) is 0 Å². The highest BCUT2D eigenvalue weighted by Crippen LogP contribution is 2.27. The van der Waals surface area contributed by atoms with Gasteiger partial charge < -0.3 is 9.16 Å². The van der Waals surface area contributed by atoms with E-state index < -0.39 is 8.32 Å². The average Bonchev–Trinajstić information content (AvgIpc) is 2.29. The Morgan fingerprint density at radius 1 is 1.22 bits per heavy atom. The summed E-state index contributed by atoms with van der Waals surface area (Å²) in [6.45, 7) is 14.3. The fourth-order valence-corrected chi connectivity index (χ4v) is 6.47. The van der Waals surface area contributed by atoms with E-state index in [0.717, 1.165) is 24.9 Å². The number of hydrogen-bond acceptors (Lipinski definition) is 3. The van der Waals surface area contributed by atoms with Crippen LogP contribution in [0.5, 0.6) is 0 Å². The standard InChI is InChI=1S/C14H28O3Si/c1-7-10-18(11-8-2,16-9-3)13(6)17-14(15)12(4)5/h13H,4,7-11H2,1-3,5-6H3. The number of esters is 1. The minimum Gasteiger partial charge on any atom is -0.460 e. The van der Waals surface area contributed by atoms with Gasteiger partial charge >= 0.3 is 5.97 Å². The molecular weight excluding hydrogens is 244 g/mol. The van der Waals surface area contributed by atoms with Gasteiger partial charge in [-0.1, -0.05) is 33.3 Å². The molecule has 0 aromatic heterocycles. The van der Waals surface area contributed by atoms with Crippen molar-refractivity contribution in [2.75, 3.05) is 6.61 Å². The molecule has 0 aliphatic heterocycles. The van der Waals surface area contributed by atoms with Gasteiger partial charge in [0, 0.05) is 12.2 Å². The van der Waals surface area contributed by atoms with E-state index in [1.807, 2.05) is 13.8 Å². The first-order chi connectivity index (χ1) is 8.43. The van der Waals surface area contributed by atoms with Crippen LogP contribution < -0.4 is 0 Å². The summed E-state index contributed by atoms with van der Waals surface area (Å²) in [6.07, 6.45) is 2.14. The molecular formula is C14H28O3Si.